The number of carbonyl (C=O) groups is 1. The molecule has 2 aromatic rings. The lowest BCUT2D eigenvalue weighted by molar-refractivity contribution is -0.121. The lowest BCUT2D eigenvalue weighted by atomic mass is 10.1. The average molecular weight is 429 g/mol. The molecular weight excluding hydrogens is 406 g/mol. The van der Waals surface area contributed by atoms with Crippen molar-refractivity contribution in [3.63, 3.8) is 0 Å². The van der Waals surface area contributed by atoms with Crippen molar-refractivity contribution in [2.75, 3.05) is 13.1 Å². The van der Waals surface area contributed by atoms with Gasteiger partial charge in [-0.15, -0.1) is 11.3 Å². The predicted molar refractivity (Wildman–Crippen MR) is 104 cm³/mol. The van der Waals surface area contributed by atoms with Crippen molar-refractivity contribution in [2.45, 2.75) is 42.9 Å². The average Bonchev–Trinajstić information content (AvgIpc) is 3.11. The second-order valence-corrected chi connectivity index (χ2v) is 10.2. The first-order valence-corrected chi connectivity index (χ1v) is 11.4. The maximum atomic E-state index is 13.8. The number of nitrogens with one attached hydrogen (secondary N) is 1. The van der Waals surface area contributed by atoms with Gasteiger partial charge in [-0.3, -0.25) is 4.79 Å². The highest BCUT2D eigenvalue weighted by Gasteiger charge is 2.27. The number of halogens is 2. The summed E-state index contributed by atoms with van der Waals surface area (Å²) in [7, 11) is -3.52. The van der Waals surface area contributed by atoms with Crippen molar-refractivity contribution in [1.29, 1.82) is 0 Å². The molecule has 0 bridgehead atoms. The van der Waals surface area contributed by atoms with E-state index in [1.807, 2.05) is 0 Å². The van der Waals surface area contributed by atoms with E-state index in [4.69, 9.17) is 0 Å². The molecule has 0 radical (unpaired) electrons. The topological polar surface area (TPSA) is 66.5 Å². The van der Waals surface area contributed by atoms with Gasteiger partial charge in [0, 0.05) is 29.6 Å². The van der Waals surface area contributed by atoms with Gasteiger partial charge in [-0.1, -0.05) is 12.5 Å². The molecule has 1 aromatic heterocycles. The number of amides is 1. The molecule has 28 heavy (non-hydrogen) atoms. The van der Waals surface area contributed by atoms with Gasteiger partial charge in [0.1, 0.15) is 15.8 Å². The molecule has 1 aliphatic heterocycles. The second-order valence-electron chi connectivity index (χ2n) is 6.82. The number of nitrogens with zero attached hydrogens (tertiary/aromatic N) is 1. The Morgan fingerprint density at radius 1 is 1.18 bits per heavy atom. The van der Waals surface area contributed by atoms with E-state index in [9.17, 15) is 22.0 Å². The summed E-state index contributed by atoms with van der Waals surface area (Å²) in [5.74, 6) is -1.76. The van der Waals surface area contributed by atoms with Crippen LogP contribution in [0, 0.1) is 11.6 Å². The van der Waals surface area contributed by atoms with E-state index in [-0.39, 0.29) is 22.1 Å². The van der Waals surface area contributed by atoms with Gasteiger partial charge < -0.3 is 5.32 Å². The van der Waals surface area contributed by atoms with Crippen molar-refractivity contribution in [3.05, 3.63) is 52.4 Å². The highest BCUT2D eigenvalue weighted by atomic mass is 32.2. The van der Waals surface area contributed by atoms with E-state index in [1.54, 1.807) is 13.0 Å². The van der Waals surface area contributed by atoms with Crippen LogP contribution < -0.4 is 5.32 Å². The fraction of sp³-hybridized carbons (Fsp3) is 0.421. The quantitative estimate of drug-likeness (QED) is 0.764. The van der Waals surface area contributed by atoms with Crippen LogP contribution in [-0.2, 0) is 21.2 Å². The van der Waals surface area contributed by atoms with Gasteiger partial charge in [-0.25, -0.2) is 17.2 Å². The largest absolute Gasteiger partial charge is 0.349 e. The first-order valence-electron chi connectivity index (χ1n) is 9.10. The summed E-state index contributed by atoms with van der Waals surface area (Å²) in [6.45, 7) is 2.66. The minimum Gasteiger partial charge on any atom is -0.349 e. The number of piperidine rings is 1. The van der Waals surface area contributed by atoms with Gasteiger partial charge in [-0.2, -0.15) is 4.31 Å². The number of carbonyl (C=O) groups excluding carboxylic acids is 1. The number of sulfonamides is 1. The summed E-state index contributed by atoms with van der Waals surface area (Å²) in [5.41, 5.74) is 0.189. The Hall–Kier alpha value is -1.84. The summed E-state index contributed by atoms with van der Waals surface area (Å²) in [5, 5.41) is 2.66. The highest BCUT2D eigenvalue weighted by molar-refractivity contribution is 7.91. The zero-order chi connectivity index (χ0) is 20.3. The zero-order valence-corrected chi connectivity index (χ0v) is 17.1. The van der Waals surface area contributed by atoms with Crippen LogP contribution in [0.5, 0.6) is 0 Å². The Morgan fingerprint density at radius 2 is 1.89 bits per heavy atom. The van der Waals surface area contributed by atoms with E-state index in [1.165, 1.54) is 16.4 Å². The molecule has 0 aliphatic carbocycles. The van der Waals surface area contributed by atoms with Crippen LogP contribution in [0.4, 0.5) is 8.78 Å². The smallest absolute Gasteiger partial charge is 0.252 e. The monoisotopic (exact) mass is 428 g/mol. The van der Waals surface area contributed by atoms with Crippen LogP contribution >= 0.6 is 11.3 Å². The molecule has 5 nitrogen and oxygen atoms in total. The molecule has 1 aromatic carbocycles. The van der Waals surface area contributed by atoms with Gasteiger partial charge in [0.05, 0.1) is 12.5 Å². The Kier molecular flexibility index (Phi) is 6.47. The van der Waals surface area contributed by atoms with Crippen molar-refractivity contribution in [1.82, 2.24) is 9.62 Å². The number of hydrogen-bond acceptors (Lipinski definition) is 4. The Balaban J connectivity index is 1.63. The van der Waals surface area contributed by atoms with E-state index in [0.717, 1.165) is 42.7 Å². The van der Waals surface area contributed by atoms with Crippen LogP contribution in [0.1, 0.15) is 42.7 Å². The molecule has 152 valence electrons. The van der Waals surface area contributed by atoms with E-state index < -0.39 is 27.7 Å². The normalized spacial score (nSPS) is 16.7. The second kappa shape index (κ2) is 8.67. The minimum atomic E-state index is -3.52. The summed E-state index contributed by atoms with van der Waals surface area (Å²) < 4.78 is 53.9. The number of benzene rings is 1. The zero-order valence-electron chi connectivity index (χ0n) is 15.5. The van der Waals surface area contributed by atoms with Gasteiger partial charge in [-0.05, 0) is 38.0 Å². The lowest BCUT2D eigenvalue weighted by Crippen LogP contribution is -2.35. The van der Waals surface area contributed by atoms with Gasteiger partial charge in [0.25, 0.3) is 10.0 Å². The fourth-order valence-corrected chi connectivity index (χ4v) is 6.23. The van der Waals surface area contributed by atoms with Crippen molar-refractivity contribution >= 4 is 27.3 Å². The van der Waals surface area contributed by atoms with Crippen molar-refractivity contribution in [2.24, 2.45) is 0 Å². The Labute approximate surface area is 167 Å². The van der Waals surface area contributed by atoms with Crippen LogP contribution in [0.3, 0.4) is 0 Å². The van der Waals surface area contributed by atoms with E-state index in [2.05, 4.69) is 5.32 Å². The molecule has 1 unspecified atom stereocenters. The van der Waals surface area contributed by atoms with Gasteiger partial charge in [0.2, 0.25) is 5.91 Å². The molecule has 3 rings (SSSR count). The molecule has 1 N–H and O–H groups in total. The highest BCUT2D eigenvalue weighted by Crippen LogP contribution is 2.27. The molecule has 1 aliphatic rings. The molecule has 1 fully saturated rings. The molecule has 0 spiro atoms. The third kappa shape index (κ3) is 4.76. The molecule has 0 saturated carbocycles. The third-order valence-corrected chi connectivity index (χ3v) is 8.14. The molecule has 9 heteroatoms. The lowest BCUT2D eigenvalue weighted by Gasteiger charge is -2.25. The standard InChI is InChI=1S/C19H22F2N2O3S2/c1-13(16-7-5-14(20)11-17(16)21)22-18(24)12-15-6-8-19(27-15)28(25,26)23-9-3-2-4-10-23/h5-8,11,13H,2-4,9-10,12H2,1H3,(H,22,24). The molecule has 1 atom stereocenters. The Morgan fingerprint density at radius 3 is 2.57 bits per heavy atom. The van der Waals surface area contributed by atoms with Crippen molar-refractivity contribution in [3.8, 4) is 0 Å². The van der Waals surface area contributed by atoms with E-state index >= 15 is 0 Å². The first kappa shape index (κ1) is 20.9. The van der Waals surface area contributed by atoms with Gasteiger partial charge in [0.15, 0.2) is 0 Å². The van der Waals surface area contributed by atoms with Crippen molar-refractivity contribution < 1.29 is 22.0 Å². The third-order valence-electron chi connectivity index (χ3n) is 4.69. The van der Waals surface area contributed by atoms with Crippen LogP contribution in [0.2, 0.25) is 0 Å². The van der Waals surface area contributed by atoms with Crippen LogP contribution in [-0.4, -0.2) is 31.7 Å². The summed E-state index contributed by atoms with van der Waals surface area (Å²) >= 11 is 1.08. The number of thiophene rings is 1. The maximum Gasteiger partial charge on any atom is 0.252 e. The minimum absolute atomic E-state index is 0.00661. The predicted octanol–water partition coefficient (Wildman–Crippen LogP) is 3.62. The first-order chi connectivity index (χ1) is 13.3. The summed E-state index contributed by atoms with van der Waals surface area (Å²) in [6.07, 6.45) is 2.75. The van der Waals surface area contributed by atoms with Crippen LogP contribution in [0.15, 0.2) is 34.5 Å². The molecular formula is C19H22F2N2O3S2. The summed E-state index contributed by atoms with van der Waals surface area (Å²) in [4.78, 5) is 12.9. The SMILES string of the molecule is CC(NC(=O)Cc1ccc(S(=O)(=O)N2CCCCC2)s1)c1ccc(F)cc1F. The van der Waals surface area contributed by atoms with E-state index in [0.29, 0.717) is 18.0 Å². The fourth-order valence-electron chi connectivity index (χ4n) is 3.21. The molecule has 2 heterocycles. The van der Waals surface area contributed by atoms with Gasteiger partial charge >= 0.3 is 0 Å². The maximum absolute atomic E-state index is 13.8. The number of rotatable bonds is 6. The number of hydrogen-bond donors (Lipinski definition) is 1. The Bertz CT molecular complexity index is 954. The summed E-state index contributed by atoms with van der Waals surface area (Å²) in [6, 6.07) is 5.73. The van der Waals surface area contributed by atoms with Crippen LogP contribution in [0.25, 0.3) is 0 Å². The molecule has 1 amide bonds. The molecule has 1 saturated heterocycles.